The number of amidine groups is 1. The Morgan fingerprint density at radius 3 is 2.68 bits per heavy atom. The fourth-order valence-corrected chi connectivity index (χ4v) is 3.25. The molecule has 1 amide bonds. The minimum absolute atomic E-state index is 0.00227. The highest BCUT2D eigenvalue weighted by molar-refractivity contribution is 6.11. The summed E-state index contributed by atoms with van der Waals surface area (Å²) < 4.78 is 5.51. The number of nitrogens with zero attached hydrogens (tertiary/aromatic N) is 3. The van der Waals surface area contributed by atoms with Crippen LogP contribution < -0.4 is 5.32 Å². The monoisotopic (exact) mass is 388 g/mol. The van der Waals surface area contributed by atoms with E-state index in [4.69, 9.17) is 4.74 Å². The summed E-state index contributed by atoms with van der Waals surface area (Å²) in [6, 6.07) is -0.00227. The molecule has 0 spiro atoms. The van der Waals surface area contributed by atoms with Gasteiger partial charge in [0.15, 0.2) is 6.29 Å². The van der Waals surface area contributed by atoms with Gasteiger partial charge in [0.2, 0.25) is 0 Å². The lowest BCUT2D eigenvalue weighted by molar-refractivity contribution is -0.104. The Labute approximate surface area is 167 Å². The summed E-state index contributed by atoms with van der Waals surface area (Å²) in [6.07, 6.45) is 6.89. The van der Waals surface area contributed by atoms with Crippen molar-refractivity contribution in [2.75, 3.05) is 19.6 Å². The second-order valence-electron chi connectivity index (χ2n) is 8.06. The first kappa shape index (κ1) is 21.7. The fraction of sp³-hybridized carbons (Fsp3) is 0.571. The van der Waals surface area contributed by atoms with E-state index in [1.807, 2.05) is 46.9 Å². The quantitative estimate of drug-likeness (QED) is 0.749. The van der Waals surface area contributed by atoms with E-state index in [2.05, 4.69) is 22.1 Å². The summed E-state index contributed by atoms with van der Waals surface area (Å²) in [5.74, 6) is 0.673. The molecular formula is C21H32N4O3. The molecule has 2 aliphatic heterocycles. The molecule has 0 saturated carbocycles. The molecule has 0 aromatic heterocycles. The van der Waals surface area contributed by atoms with Gasteiger partial charge in [-0.3, -0.25) is 4.79 Å². The first-order chi connectivity index (χ1) is 13.2. The topological polar surface area (TPSA) is 74.2 Å². The van der Waals surface area contributed by atoms with Crippen molar-refractivity contribution < 1.29 is 14.3 Å². The maximum absolute atomic E-state index is 12.4. The maximum atomic E-state index is 12.4. The van der Waals surface area contributed by atoms with Crippen LogP contribution in [0.3, 0.4) is 0 Å². The smallest absolute Gasteiger partial charge is 0.410 e. The average Bonchev–Trinajstić information content (AvgIpc) is 3.02. The van der Waals surface area contributed by atoms with E-state index >= 15 is 0 Å². The number of hydrogen-bond donors (Lipinski definition) is 1. The Kier molecular flexibility index (Phi) is 7.05. The number of aliphatic imine (C=N–C) groups is 1. The van der Waals surface area contributed by atoms with Gasteiger partial charge in [0.1, 0.15) is 11.4 Å². The fourth-order valence-electron chi connectivity index (χ4n) is 3.25. The highest BCUT2D eigenvalue weighted by Crippen LogP contribution is 2.25. The van der Waals surface area contributed by atoms with Gasteiger partial charge in [-0.2, -0.15) is 0 Å². The molecule has 7 nitrogen and oxygen atoms in total. The molecule has 2 aliphatic rings. The molecule has 0 bridgehead atoms. The third kappa shape index (κ3) is 5.24. The summed E-state index contributed by atoms with van der Waals surface area (Å²) >= 11 is 0. The second-order valence-corrected chi connectivity index (χ2v) is 8.06. The van der Waals surface area contributed by atoms with Gasteiger partial charge in [-0.15, -0.1) is 0 Å². The van der Waals surface area contributed by atoms with Gasteiger partial charge in [-0.1, -0.05) is 13.0 Å². The Morgan fingerprint density at radius 1 is 1.39 bits per heavy atom. The molecule has 2 rings (SSSR count). The second kappa shape index (κ2) is 9.08. The molecule has 0 radical (unpaired) electrons. The number of carbonyl (C=O) groups is 2. The molecular weight excluding hydrogens is 356 g/mol. The standard InChI is InChI=1S/C21H32N4O3/c1-7-8-9-22-19-18(17(14-26)12-23-19)16(3)24-10-11-25(15(2)13-24)20(27)28-21(4,5)6/h8-9,12,14-15H,7,10-11,13H2,1-6H3,(H,22,23)/b9-8+,18-16+. The van der Waals surface area contributed by atoms with Crippen LogP contribution in [0.15, 0.2) is 40.3 Å². The Balaban J connectivity index is 2.15. The zero-order chi connectivity index (χ0) is 20.9. The van der Waals surface area contributed by atoms with Gasteiger partial charge < -0.3 is 19.9 Å². The third-order valence-electron chi connectivity index (χ3n) is 4.65. The van der Waals surface area contributed by atoms with Crippen LogP contribution in [0, 0.1) is 0 Å². The zero-order valence-corrected chi connectivity index (χ0v) is 17.8. The third-order valence-corrected chi connectivity index (χ3v) is 4.65. The van der Waals surface area contributed by atoms with E-state index in [0.717, 1.165) is 24.0 Å². The van der Waals surface area contributed by atoms with Crippen LogP contribution in [-0.4, -0.2) is 59.3 Å². The Morgan fingerprint density at radius 2 is 2.11 bits per heavy atom. The van der Waals surface area contributed by atoms with Crippen LogP contribution in [0.1, 0.15) is 48.0 Å². The number of amides is 1. The molecule has 28 heavy (non-hydrogen) atoms. The van der Waals surface area contributed by atoms with Crippen molar-refractivity contribution in [1.29, 1.82) is 0 Å². The van der Waals surface area contributed by atoms with Gasteiger partial charge in [0, 0.05) is 48.7 Å². The SMILES string of the molecule is CC/C=C/NC1=NC=C(C=O)/C1=C(/C)N1CCN(C(=O)OC(C)(C)C)C(C)C1. The van der Waals surface area contributed by atoms with Crippen LogP contribution in [-0.2, 0) is 9.53 Å². The van der Waals surface area contributed by atoms with Crippen molar-refractivity contribution in [3.8, 4) is 0 Å². The highest BCUT2D eigenvalue weighted by Gasteiger charge is 2.32. The molecule has 0 aromatic rings. The highest BCUT2D eigenvalue weighted by atomic mass is 16.6. The lowest BCUT2D eigenvalue weighted by Gasteiger charge is -2.42. The number of carbonyl (C=O) groups excluding carboxylic acids is 2. The number of nitrogens with one attached hydrogen (secondary N) is 1. The normalized spacial score (nSPS) is 22.1. The number of ether oxygens (including phenoxy) is 1. The summed E-state index contributed by atoms with van der Waals surface area (Å²) in [5.41, 5.74) is 1.84. The number of aldehydes is 1. The van der Waals surface area contributed by atoms with E-state index in [0.29, 0.717) is 31.0 Å². The Hall–Kier alpha value is -2.57. The van der Waals surface area contributed by atoms with Crippen molar-refractivity contribution in [3.05, 3.63) is 35.3 Å². The lowest BCUT2D eigenvalue weighted by Crippen LogP contribution is -2.54. The molecule has 1 saturated heterocycles. The van der Waals surface area contributed by atoms with E-state index in [-0.39, 0.29) is 12.1 Å². The molecule has 1 fully saturated rings. The first-order valence-electron chi connectivity index (χ1n) is 9.78. The number of allylic oxidation sites excluding steroid dienone is 2. The van der Waals surface area contributed by atoms with Crippen molar-refractivity contribution >= 4 is 18.2 Å². The van der Waals surface area contributed by atoms with Gasteiger partial charge in [0.05, 0.1) is 0 Å². The van der Waals surface area contributed by atoms with Crippen LogP contribution in [0.25, 0.3) is 0 Å². The predicted octanol–water partition coefficient (Wildman–Crippen LogP) is 3.21. The minimum atomic E-state index is -0.512. The van der Waals surface area contributed by atoms with Crippen molar-refractivity contribution in [1.82, 2.24) is 15.1 Å². The van der Waals surface area contributed by atoms with Crippen LogP contribution in [0.4, 0.5) is 4.79 Å². The van der Waals surface area contributed by atoms with Crippen LogP contribution >= 0.6 is 0 Å². The lowest BCUT2D eigenvalue weighted by atomic mass is 10.0. The van der Waals surface area contributed by atoms with Gasteiger partial charge in [-0.05, 0) is 47.2 Å². The van der Waals surface area contributed by atoms with Crippen molar-refractivity contribution in [2.45, 2.75) is 59.6 Å². The number of hydrogen-bond acceptors (Lipinski definition) is 6. The molecule has 0 aromatic carbocycles. The van der Waals surface area contributed by atoms with E-state index in [1.54, 1.807) is 11.1 Å². The largest absolute Gasteiger partial charge is 0.444 e. The van der Waals surface area contributed by atoms with Gasteiger partial charge in [-0.25, -0.2) is 9.79 Å². The number of rotatable bonds is 4. The van der Waals surface area contributed by atoms with E-state index in [1.165, 1.54) is 0 Å². The molecule has 1 unspecified atom stereocenters. The molecule has 7 heteroatoms. The van der Waals surface area contributed by atoms with Gasteiger partial charge in [0.25, 0.3) is 0 Å². The summed E-state index contributed by atoms with van der Waals surface area (Å²) in [7, 11) is 0. The molecule has 1 N–H and O–H groups in total. The maximum Gasteiger partial charge on any atom is 0.410 e. The summed E-state index contributed by atoms with van der Waals surface area (Å²) in [5, 5.41) is 3.17. The average molecular weight is 389 g/mol. The van der Waals surface area contributed by atoms with Gasteiger partial charge >= 0.3 is 6.09 Å². The van der Waals surface area contributed by atoms with Crippen molar-refractivity contribution in [2.24, 2.45) is 4.99 Å². The molecule has 0 aliphatic carbocycles. The first-order valence-corrected chi connectivity index (χ1v) is 9.78. The Bertz CT molecular complexity index is 728. The van der Waals surface area contributed by atoms with E-state index in [9.17, 15) is 9.59 Å². The zero-order valence-electron chi connectivity index (χ0n) is 17.8. The molecule has 1 atom stereocenters. The van der Waals surface area contributed by atoms with Crippen molar-refractivity contribution in [3.63, 3.8) is 0 Å². The molecule has 2 heterocycles. The van der Waals surface area contributed by atoms with E-state index < -0.39 is 5.60 Å². The minimum Gasteiger partial charge on any atom is -0.444 e. The van der Waals surface area contributed by atoms with Crippen LogP contribution in [0.5, 0.6) is 0 Å². The predicted molar refractivity (Wildman–Crippen MR) is 111 cm³/mol. The molecule has 154 valence electrons. The summed E-state index contributed by atoms with van der Waals surface area (Å²) in [6.45, 7) is 13.6. The summed E-state index contributed by atoms with van der Waals surface area (Å²) in [4.78, 5) is 32.3. The number of piperazine rings is 1. The van der Waals surface area contributed by atoms with Crippen LogP contribution in [0.2, 0.25) is 0 Å².